The predicted octanol–water partition coefficient (Wildman–Crippen LogP) is 0.789. The molecule has 0 radical (unpaired) electrons. The normalized spacial score (nSPS) is 15.7. The molecule has 0 unspecified atom stereocenters. The van der Waals surface area contributed by atoms with Crippen molar-refractivity contribution in [2.45, 2.75) is 19.9 Å². The number of hydrogen-bond acceptors (Lipinski definition) is 5. The van der Waals surface area contributed by atoms with Crippen LogP contribution in [0.2, 0.25) is 0 Å². The maximum Gasteiger partial charge on any atom is 0.255 e. The highest BCUT2D eigenvalue weighted by Gasteiger charge is 2.27. The van der Waals surface area contributed by atoms with Crippen molar-refractivity contribution in [3.05, 3.63) is 23.9 Å². The van der Waals surface area contributed by atoms with Gasteiger partial charge in [-0.2, -0.15) is 0 Å². The van der Waals surface area contributed by atoms with Crippen LogP contribution in [0.5, 0.6) is 0 Å². The molecule has 1 aromatic heterocycles. The monoisotopic (exact) mass is 263 g/mol. The summed E-state index contributed by atoms with van der Waals surface area (Å²) in [5, 5.41) is 3.19. The van der Waals surface area contributed by atoms with Crippen molar-refractivity contribution in [3.63, 3.8) is 0 Å². The molecule has 0 saturated carbocycles. The lowest BCUT2D eigenvalue weighted by atomic mass is 10.2. The third-order valence-corrected chi connectivity index (χ3v) is 2.82. The summed E-state index contributed by atoms with van der Waals surface area (Å²) in [5.74, 6) is 0.111. The summed E-state index contributed by atoms with van der Waals surface area (Å²) >= 11 is 0. The van der Waals surface area contributed by atoms with Crippen LogP contribution in [0, 0.1) is 0 Å². The second-order valence-corrected chi connectivity index (χ2v) is 4.30. The van der Waals surface area contributed by atoms with E-state index in [1.54, 1.807) is 12.3 Å². The number of nitrogens with zero attached hydrogens (tertiary/aromatic N) is 2. The maximum atomic E-state index is 11.7. The van der Waals surface area contributed by atoms with Crippen LogP contribution in [0.15, 0.2) is 18.3 Å². The van der Waals surface area contributed by atoms with Crippen LogP contribution in [0.3, 0.4) is 0 Å². The fraction of sp³-hybridized carbons (Fsp3) is 0.462. The van der Waals surface area contributed by atoms with E-state index in [-0.39, 0.29) is 31.6 Å². The SMILES string of the molecule is CCCNc1ncccc1CN1C(=O)COCC1=O. The highest BCUT2D eigenvalue weighted by molar-refractivity contribution is 5.98. The van der Waals surface area contributed by atoms with Gasteiger partial charge in [-0.1, -0.05) is 13.0 Å². The molecular formula is C13H17N3O3. The third kappa shape index (κ3) is 3.29. The van der Waals surface area contributed by atoms with Gasteiger partial charge in [0.25, 0.3) is 11.8 Å². The highest BCUT2D eigenvalue weighted by Crippen LogP contribution is 2.16. The molecule has 19 heavy (non-hydrogen) atoms. The molecule has 0 aromatic carbocycles. The average molecular weight is 263 g/mol. The van der Waals surface area contributed by atoms with Gasteiger partial charge in [-0.25, -0.2) is 4.98 Å². The van der Waals surface area contributed by atoms with Gasteiger partial charge in [0.15, 0.2) is 0 Å². The number of aromatic nitrogens is 1. The minimum atomic E-state index is -0.304. The van der Waals surface area contributed by atoms with Crippen molar-refractivity contribution in [1.82, 2.24) is 9.88 Å². The van der Waals surface area contributed by atoms with Gasteiger partial charge >= 0.3 is 0 Å². The predicted molar refractivity (Wildman–Crippen MR) is 69.4 cm³/mol. The molecule has 1 N–H and O–H groups in total. The summed E-state index contributed by atoms with van der Waals surface area (Å²) in [7, 11) is 0. The van der Waals surface area contributed by atoms with Crippen LogP contribution in [0.4, 0.5) is 5.82 Å². The smallest absolute Gasteiger partial charge is 0.255 e. The largest absolute Gasteiger partial charge is 0.370 e. The molecule has 6 nitrogen and oxygen atoms in total. The number of imide groups is 1. The van der Waals surface area contributed by atoms with Gasteiger partial charge in [-0.05, 0) is 12.5 Å². The van der Waals surface area contributed by atoms with Crippen LogP contribution in [-0.2, 0) is 20.9 Å². The molecule has 1 aliphatic heterocycles. The number of pyridine rings is 1. The van der Waals surface area contributed by atoms with Gasteiger partial charge in [0, 0.05) is 18.3 Å². The number of nitrogens with one attached hydrogen (secondary N) is 1. The van der Waals surface area contributed by atoms with E-state index in [9.17, 15) is 9.59 Å². The lowest BCUT2D eigenvalue weighted by Crippen LogP contribution is -2.45. The van der Waals surface area contributed by atoms with Gasteiger partial charge < -0.3 is 10.1 Å². The Balaban J connectivity index is 2.13. The zero-order valence-corrected chi connectivity index (χ0v) is 10.9. The Morgan fingerprint density at radius 3 is 2.79 bits per heavy atom. The number of carbonyl (C=O) groups excluding carboxylic acids is 2. The molecule has 0 bridgehead atoms. The van der Waals surface area contributed by atoms with Crippen LogP contribution >= 0.6 is 0 Å². The molecular weight excluding hydrogens is 246 g/mol. The molecule has 1 fully saturated rings. The number of hydrogen-bond donors (Lipinski definition) is 1. The lowest BCUT2D eigenvalue weighted by molar-refractivity contribution is -0.159. The van der Waals surface area contributed by atoms with E-state index < -0.39 is 0 Å². The topological polar surface area (TPSA) is 71.5 Å². The second kappa shape index (κ2) is 6.29. The van der Waals surface area contributed by atoms with E-state index in [4.69, 9.17) is 4.74 Å². The molecule has 2 heterocycles. The molecule has 1 aromatic rings. The molecule has 1 saturated heterocycles. The van der Waals surface area contributed by atoms with E-state index in [1.807, 2.05) is 6.07 Å². The molecule has 2 amide bonds. The summed E-state index contributed by atoms with van der Waals surface area (Å²) < 4.78 is 4.89. The number of rotatable bonds is 5. The minimum Gasteiger partial charge on any atom is -0.370 e. The highest BCUT2D eigenvalue weighted by atomic mass is 16.5. The van der Waals surface area contributed by atoms with Gasteiger partial charge in [0.05, 0.1) is 6.54 Å². The Kier molecular flexibility index (Phi) is 4.46. The Labute approximate surface area is 111 Å². The molecule has 2 rings (SSSR count). The number of amides is 2. The molecule has 0 atom stereocenters. The third-order valence-electron chi connectivity index (χ3n) is 2.82. The van der Waals surface area contributed by atoms with Gasteiger partial charge in [-0.3, -0.25) is 14.5 Å². The Bertz CT molecular complexity index is 460. The zero-order chi connectivity index (χ0) is 13.7. The number of ether oxygens (including phenoxy) is 1. The average Bonchev–Trinajstić information content (AvgIpc) is 2.42. The van der Waals surface area contributed by atoms with E-state index >= 15 is 0 Å². The van der Waals surface area contributed by atoms with Crippen LogP contribution in [0.25, 0.3) is 0 Å². The van der Waals surface area contributed by atoms with E-state index in [1.165, 1.54) is 4.90 Å². The zero-order valence-electron chi connectivity index (χ0n) is 10.9. The number of carbonyl (C=O) groups is 2. The van der Waals surface area contributed by atoms with Crippen LogP contribution in [0.1, 0.15) is 18.9 Å². The van der Waals surface area contributed by atoms with Crippen LogP contribution < -0.4 is 5.32 Å². The van der Waals surface area contributed by atoms with Crippen molar-refractivity contribution >= 4 is 17.6 Å². The molecule has 0 spiro atoms. The lowest BCUT2D eigenvalue weighted by Gasteiger charge is -2.25. The first kappa shape index (κ1) is 13.5. The molecule has 6 heteroatoms. The van der Waals surface area contributed by atoms with E-state index in [0.717, 1.165) is 24.3 Å². The molecule has 0 aliphatic carbocycles. The fourth-order valence-corrected chi connectivity index (χ4v) is 1.84. The maximum absolute atomic E-state index is 11.7. The van der Waals surface area contributed by atoms with Gasteiger partial charge in [0.2, 0.25) is 0 Å². The first-order chi connectivity index (χ1) is 9.22. The Hall–Kier alpha value is -1.95. The summed E-state index contributed by atoms with van der Waals surface area (Å²) in [5.41, 5.74) is 0.833. The Morgan fingerprint density at radius 2 is 2.11 bits per heavy atom. The quantitative estimate of drug-likeness (QED) is 0.795. The van der Waals surface area contributed by atoms with Gasteiger partial charge in [0.1, 0.15) is 19.0 Å². The molecule has 102 valence electrons. The first-order valence-corrected chi connectivity index (χ1v) is 6.31. The van der Waals surface area contributed by atoms with Crippen molar-refractivity contribution in [1.29, 1.82) is 0 Å². The summed E-state index contributed by atoms with van der Waals surface area (Å²) in [6.07, 6.45) is 2.66. The summed E-state index contributed by atoms with van der Waals surface area (Å²) in [6, 6.07) is 3.66. The van der Waals surface area contributed by atoms with Crippen molar-refractivity contribution in [2.75, 3.05) is 25.1 Å². The Morgan fingerprint density at radius 1 is 1.37 bits per heavy atom. The first-order valence-electron chi connectivity index (χ1n) is 6.31. The fourth-order valence-electron chi connectivity index (χ4n) is 1.84. The number of anilines is 1. The van der Waals surface area contributed by atoms with E-state index in [0.29, 0.717) is 0 Å². The van der Waals surface area contributed by atoms with E-state index in [2.05, 4.69) is 17.2 Å². The van der Waals surface area contributed by atoms with Crippen molar-refractivity contribution < 1.29 is 14.3 Å². The second-order valence-electron chi connectivity index (χ2n) is 4.30. The summed E-state index contributed by atoms with van der Waals surface area (Å²) in [4.78, 5) is 28.8. The standard InChI is InChI=1S/C13H17N3O3/c1-2-5-14-13-10(4-3-6-15-13)7-16-11(17)8-19-9-12(16)18/h3-4,6H,2,5,7-9H2,1H3,(H,14,15). The molecule has 1 aliphatic rings. The van der Waals surface area contributed by atoms with Crippen molar-refractivity contribution in [3.8, 4) is 0 Å². The van der Waals surface area contributed by atoms with Crippen LogP contribution in [-0.4, -0.2) is 41.5 Å². The van der Waals surface area contributed by atoms with Gasteiger partial charge in [-0.15, -0.1) is 0 Å². The summed E-state index contributed by atoms with van der Waals surface area (Å²) in [6.45, 7) is 3.02. The minimum absolute atomic E-state index is 0.0380. The number of morpholine rings is 1. The van der Waals surface area contributed by atoms with Crippen molar-refractivity contribution in [2.24, 2.45) is 0 Å².